The van der Waals surface area contributed by atoms with E-state index < -0.39 is 0 Å². The summed E-state index contributed by atoms with van der Waals surface area (Å²) in [4.78, 5) is 11.7. The number of rotatable bonds is 8. The van der Waals surface area contributed by atoms with Crippen molar-refractivity contribution in [2.75, 3.05) is 26.4 Å². The van der Waals surface area contributed by atoms with Crippen LogP contribution in [0.15, 0.2) is 18.2 Å². The largest absolute Gasteiger partial charge is 0.379 e. The maximum Gasteiger partial charge on any atom is 0.188 e. The van der Waals surface area contributed by atoms with Crippen LogP contribution in [0, 0.1) is 0 Å². The van der Waals surface area contributed by atoms with Crippen LogP contribution in [-0.4, -0.2) is 32.2 Å². The molecule has 0 saturated heterocycles. The maximum absolute atomic E-state index is 11.7. The van der Waals surface area contributed by atoms with E-state index in [-0.39, 0.29) is 12.4 Å². The van der Waals surface area contributed by atoms with Crippen molar-refractivity contribution < 1.29 is 14.3 Å². The van der Waals surface area contributed by atoms with Gasteiger partial charge in [0.25, 0.3) is 0 Å². The van der Waals surface area contributed by atoms with E-state index in [9.17, 15) is 4.79 Å². The van der Waals surface area contributed by atoms with Gasteiger partial charge in [-0.3, -0.25) is 4.79 Å². The molecule has 1 rings (SSSR count). The number of halogens is 2. The number of hydrogen-bond acceptors (Lipinski definition) is 3. The van der Waals surface area contributed by atoms with E-state index >= 15 is 0 Å². The van der Waals surface area contributed by atoms with Crippen molar-refractivity contribution in [2.45, 2.75) is 13.3 Å². The number of carbonyl (C=O) groups is 1. The molecule has 0 unspecified atom stereocenters. The first kappa shape index (κ1) is 15.4. The number of carbonyl (C=O) groups excluding carboxylic acids is 1. The topological polar surface area (TPSA) is 35.5 Å². The summed E-state index contributed by atoms with van der Waals surface area (Å²) < 4.78 is 10.4. The molecule has 0 aliphatic heterocycles. The molecular formula is C13H16Cl2O3. The van der Waals surface area contributed by atoms with Crippen LogP contribution in [0.5, 0.6) is 0 Å². The average Bonchev–Trinajstić information content (AvgIpc) is 2.36. The third kappa shape index (κ3) is 5.36. The molecule has 18 heavy (non-hydrogen) atoms. The highest BCUT2D eigenvalue weighted by molar-refractivity contribution is 6.42. The molecule has 0 spiro atoms. The number of ether oxygens (including phenoxy) is 2. The van der Waals surface area contributed by atoms with Crippen molar-refractivity contribution in [1.29, 1.82) is 0 Å². The molecule has 100 valence electrons. The number of benzene rings is 1. The average molecular weight is 291 g/mol. The fraction of sp³-hybridized carbons (Fsp3) is 0.462. The highest BCUT2D eigenvalue weighted by Gasteiger charge is 2.08. The molecule has 0 heterocycles. The van der Waals surface area contributed by atoms with Gasteiger partial charge in [-0.1, -0.05) is 30.1 Å². The molecule has 0 aromatic heterocycles. The third-order valence-corrected chi connectivity index (χ3v) is 2.93. The normalized spacial score (nSPS) is 10.6. The predicted octanol–water partition coefficient (Wildman–Crippen LogP) is 3.62. The Labute approximate surface area is 117 Å². The predicted molar refractivity (Wildman–Crippen MR) is 72.7 cm³/mol. The van der Waals surface area contributed by atoms with Crippen LogP contribution in [0.4, 0.5) is 0 Å². The van der Waals surface area contributed by atoms with E-state index in [2.05, 4.69) is 0 Å². The lowest BCUT2D eigenvalue weighted by atomic mass is 10.1. The van der Waals surface area contributed by atoms with Crippen molar-refractivity contribution in [3.05, 3.63) is 33.8 Å². The van der Waals surface area contributed by atoms with E-state index in [0.29, 0.717) is 35.4 Å². The van der Waals surface area contributed by atoms with Gasteiger partial charge in [-0.2, -0.15) is 0 Å². The minimum absolute atomic E-state index is 0.0213. The molecule has 0 bridgehead atoms. The number of ketones is 1. The fourth-order valence-corrected chi connectivity index (χ4v) is 1.58. The zero-order valence-electron chi connectivity index (χ0n) is 10.2. The Morgan fingerprint density at radius 1 is 1.11 bits per heavy atom. The lowest BCUT2D eigenvalue weighted by Crippen LogP contribution is -2.12. The van der Waals surface area contributed by atoms with Crippen molar-refractivity contribution in [1.82, 2.24) is 0 Å². The summed E-state index contributed by atoms with van der Waals surface area (Å²) in [7, 11) is 0. The molecular weight excluding hydrogens is 275 g/mol. The molecule has 0 atom stereocenters. The van der Waals surface area contributed by atoms with Crippen LogP contribution in [0.25, 0.3) is 0 Å². The molecule has 0 amide bonds. The summed E-state index contributed by atoms with van der Waals surface area (Å²) in [6.07, 6.45) is 0.974. The molecule has 0 saturated carbocycles. The molecule has 0 radical (unpaired) electrons. The van der Waals surface area contributed by atoms with Gasteiger partial charge in [-0.15, -0.1) is 0 Å². The van der Waals surface area contributed by atoms with Gasteiger partial charge < -0.3 is 9.47 Å². The smallest absolute Gasteiger partial charge is 0.188 e. The maximum atomic E-state index is 11.7. The van der Waals surface area contributed by atoms with Gasteiger partial charge in [-0.05, 0) is 24.6 Å². The number of Topliss-reactive ketones (excluding diaryl/α,β-unsaturated/α-hetero) is 1. The van der Waals surface area contributed by atoms with E-state index in [4.69, 9.17) is 32.7 Å². The number of hydrogen-bond donors (Lipinski definition) is 0. The Bertz CT molecular complexity index is 394. The second-order valence-corrected chi connectivity index (χ2v) is 4.53. The van der Waals surface area contributed by atoms with Crippen molar-refractivity contribution in [3.8, 4) is 0 Å². The van der Waals surface area contributed by atoms with Crippen LogP contribution in [0.1, 0.15) is 23.7 Å². The van der Waals surface area contributed by atoms with Crippen molar-refractivity contribution in [2.24, 2.45) is 0 Å². The van der Waals surface area contributed by atoms with Gasteiger partial charge in [0.05, 0.1) is 23.3 Å². The van der Waals surface area contributed by atoms with Crippen LogP contribution >= 0.6 is 23.2 Å². The van der Waals surface area contributed by atoms with Crippen LogP contribution in [-0.2, 0) is 9.47 Å². The lowest BCUT2D eigenvalue weighted by Gasteiger charge is -2.05. The third-order valence-electron chi connectivity index (χ3n) is 2.20. The molecule has 0 aliphatic carbocycles. The van der Waals surface area contributed by atoms with Crippen molar-refractivity contribution in [3.63, 3.8) is 0 Å². The van der Waals surface area contributed by atoms with Gasteiger partial charge >= 0.3 is 0 Å². The first-order valence-corrected chi connectivity index (χ1v) is 6.54. The summed E-state index contributed by atoms with van der Waals surface area (Å²) in [5.41, 5.74) is 0.499. The Kier molecular flexibility index (Phi) is 7.28. The Hall–Kier alpha value is -0.610. The molecule has 1 aromatic carbocycles. The monoisotopic (exact) mass is 290 g/mol. The summed E-state index contributed by atoms with van der Waals surface area (Å²) >= 11 is 11.6. The summed E-state index contributed by atoms with van der Waals surface area (Å²) in [5, 5.41) is 0.802. The zero-order chi connectivity index (χ0) is 13.4. The van der Waals surface area contributed by atoms with Crippen LogP contribution in [0.2, 0.25) is 10.0 Å². The Morgan fingerprint density at radius 3 is 2.50 bits per heavy atom. The highest BCUT2D eigenvalue weighted by Crippen LogP contribution is 2.22. The van der Waals surface area contributed by atoms with Gasteiger partial charge in [0.2, 0.25) is 0 Å². The summed E-state index contributed by atoms with van der Waals surface area (Å²) in [6, 6.07) is 4.78. The Morgan fingerprint density at radius 2 is 1.83 bits per heavy atom. The molecule has 3 nitrogen and oxygen atoms in total. The second kappa shape index (κ2) is 8.48. The zero-order valence-corrected chi connectivity index (χ0v) is 11.8. The van der Waals surface area contributed by atoms with Gasteiger partial charge in [0, 0.05) is 12.2 Å². The van der Waals surface area contributed by atoms with E-state index in [1.54, 1.807) is 18.2 Å². The quantitative estimate of drug-likeness (QED) is 0.542. The minimum Gasteiger partial charge on any atom is -0.379 e. The molecule has 1 aromatic rings. The second-order valence-electron chi connectivity index (χ2n) is 3.72. The highest BCUT2D eigenvalue weighted by atomic mass is 35.5. The molecule has 0 fully saturated rings. The standard InChI is InChI=1S/C13H16Cl2O3/c1-2-5-17-6-7-18-9-13(16)10-3-4-11(14)12(15)8-10/h3-4,8H,2,5-7,9H2,1H3. The van der Waals surface area contributed by atoms with Crippen molar-refractivity contribution >= 4 is 29.0 Å². The minimum atomic E-state index is -0.121. The summed E-state index contributed by atoms with van der Waals surface area (Å²) in [6.45, 7) is 3.68. The van der Waals surface area contributed by atoms with Crippen LogP contribution in [0.3, 0.4) is 0 Å². The molecule has 5 heteroatoms. The van der Waals surface area contributed by atoms with Gasteiger partial charge in [-0.25, -0.2) is 0 Å². The van der Waals surface area contributed by atoms with Gasteiger partial charge in [0.15, 0.2) is 5.78 Å². The SMILES string of the molecule is CCCOCCOCC(=O)c1ccc(Cl)c(Cl)c1. The first-order valence-electron chi connectivity index (χ1n) is 5.79. The first-order chi connectivity index (χ1) is 8.65. The van der Waals surface area contributed by atoms with E-state index in [0.717, 1.165) is 6.42 Å². The Balaban J connectivity index is 2.30. The fourth-order valence-electron chi connectivity index (χ4n) is 1.28. The van der Waals surface area contributed by atoms with E-state index in [1.165, 1.54) is 0 Å². The summed E-state index contributed by atoms with van der Waals surface area (Å²) in [5.74, 6) is -0.121. The lowest BCUT2D eigenvalue weighted by molar-refractivity contribution is 0.0441. The molecule has 0 aliphatic rings. The van der Waals surface area contributed by atoms with Crippen LogP contribution < -0.4 is 0 Å². The van der Waals surface area contributed by atoms with E-state index in [1.807, 2.05) is 6.92 Å². The van der Waals surface area contributed by atoms with Gasteiger partial charge in [0.1, 0.15) is 6.61 Å². The molecule has 0 N–H and O–H groups in total.